The number of hydrazone groups is 1. The summed E-state index contributed by atoms with van der Waals surface area (Å²) in [5.41, 5.74) is 3.28. The summed E-state index contributed by atoms with van der Waals surface area (Å²) in [7, 11) is -4.08. The van der Waals surface area contributed by atoms with Gasteiger partial charge in [-0.05, 0) is 60.2 Å². The fourth-order valence-electron chi connectivity index (χ4n) is 3.17. The summed E-state index contributed by atoms with van der Waals surface area (Å²) in [6.45, 7) is -0.530. The molecule has 0 aromatic heterocycles. The van der Waals surface area contributed by atoms with Crippen molar-refractivity contribution in [1.29, 1.82) is 0 Å². The lowest BCUT2D eigenvalue weighted by Crippen LogP contribution is -2.39. The second-order valence-corrected chi connectivity index (χ2v) is 11.4. The van der Waals surface area contributed by atoms with Crippen LogP contribution in [-0.2, 0) is 14.8 Å². The van der Waals surface area contributed by atoms with Crippen LogP contribution >= 0.6 is 35.0 Å². The number of rotatable bonds is 9. The van der Waals surface area contributed by atoms with Crippen LogP contribution in [0.1, 0.15) is 5.56 Å². The normalized spacial score (nSPS) is 13.9. The molecular formula is C24H21Cl2N3O4S2. The zero-order chi connectivity index (χ0) is 24.8. The number of nitrogens with one attached hydrogen (secondary N) is 1. The van der Waals surface area contributed by atoms with E-state index >= 15 is 0 Å². The third-order valence-electron chi connectivity index (χ3n) is 4.95. The molecule has 0 unspecified atom stereocenters. The largest absolute Gasteiger partial charge is 0.489 e. The van der Waals surface area contributed by atoms with E-state index in [1.165, 1.54) is 36.5 Å². The second-order valence-electron chi connectivity index (χ2n) is 7.59. The Labute approximate surface area is 218 Å². The third kappa shape index (κ3) is 6.70. The Kier molecular flexibility index (Phi) is 8.22. The lowest BCUT2D eigenvalue weighted by Gasteiger charge is -2.25. The number of nitrogens with zero attached hydrogens (tertiary/aromatic N) is 2. The van der Waals surface area contributed by atoms with Gasteiger partial charge < -0.3 is 4.74 Å². The maximum absolute atomic E-state index is 13.3. The molecule has 1 amide bonds. The highest BCUT2D eigenvalue weighted by atomic mass is 35.5. The number of hydrogen-bond donors (Lipinski definition) is 1. The molecule has 1 saturated heterocycles. The third-order valence-corrected chi connectivity index (χ3v) is 8.39. The highest BCUT2D eigenvalue weighted by Gasteiger charge is 2.27. The van der Waals surface area contributed by atoms with Crippen molar-refractivity contribution in [1.82, 2.24) is 5.43 Å². The van der Waals surface area contributed by atoms with E-state index in [1.54, 1.807) is 18.2 Å². The van der Waals surface area contributed by atoms with Crippen molar-refractivity contribution in [3.63, 3.8) is 0 Å². The van der Waals surface area contributed by atoms with Crippen molar-refractivity contribution in [2.45, 2.75) is 11.0 Å². The van der Waals surface area contributed by atoms with Gasteiger partial charge in [-0.1, -0.05) is 41.4 Å². The predicted molar refractivity (Wildman–Crippen MR) is 141 cm³/mol. The molecule has 3 aromatic carbocycles. The van der Waals surface area contributed by atoms with Crippen molar-refractivity contribution in [2.75, 3.05) is 22.4 Å². The quantitative estimate of drug-likeness (QED) is 0.305. The maximum Gasteiger partial charge on any atom is 0.264 e. The van der Waals surface area contributed by atoms with Gasteiger partial charge in [0.15, 0.2) is 0 Å². The molecule has 0 atom stereocenters. The Bertz CT molecular complexity index is 1300. The van der Waals surface area contributed by atoms with E-state index in [4.69, 9.17) is 27.9 Å². The van der Waals surface area contributed by atoms with Gasteiger partial charge in [0.1, 0.15) is 18.4 Å². The summed E-state index contributed by atoms with van der Waals surface area (Å²) in [5, 5.41) is 4.43. The minimum Gasteiger partial charge on any atom is -0.489 e. The second kappa shape index (κ2) is 11.3. The van der Waals surface area contributed by atoms with E-state index in [9.17, 15) is 13.2 Å². The molecule has 1 heterocycles. The van der Waals surface area contributed by atoms with Crippen LogP contribution in [0.3, 0.4) is 0 Å². The first-order valence-corrected chi connectivity index (χ1v) is 13.9. The Morgan fingerprint density at radius 1 is 1.06 bits per heavy atom. The van der Waals surface area contributed by atoms with Gasteiger partial charge in [0.25, 0.3) is 15.9 Å². The highest BCUT2D eigenvalue weighted by molar-refractivity contribution is 8.00. The first-order chi connectivity index (χ1) is 16.8. The number of carbonyl (C=O) groups excluding carboxylic acids is 1. The van der Waals surface area contributed by atoms with E-state index in [0.717, 1.165) is 27.1 Å². The molecule has 7 nitrogen and oxygen atoms in total. The van der Waals surface area contributed by atoms with Gasteiger partial charge in [0.2, 0.25) is 0 Å². The minimum atomic E-state index is -4.08. The molecule has 0 bridgehead atoms. The molecule has 0 spiro atoms. The first-order valence-electron chi connectivity index (χ1n) is 10.5. The average Bonchev–Trinajstić information content (AvgIpc) is 2.80. The van der Waals surface area contributed by atoms with Crippen LogP contribution in [0.4, 0.5) is 5.69 Å². The van der Waals surface area contributed by atoms with E-state index in [1.807, 2.05) is 36.0 Å². The molecule has 11 heteroatoms. The topological polar surface area (TPSA) is 88.1 Å². The number of halogens is 2. The van der Waals surface area contributed by atoms with Gasteiger partial charge in [-0.25, -0.2) is 13.8 Å². The van der Waals surface area contributed by atoms with Gasteiger partial charge in [0.05, 0.1) is 16.8 Å². The Morgan fingerprint density at radius 2 is 1.71 bits per heavy atom. The summed E-state index contributed by atoms with van der Waals surface area (Å²) >= 11 is 14.0. The molecular weight excluding hydrogens is 529 g/mol. The molecule has 0 saturated carbocycles. The number of sulfonamides is 1. The molecule has 182 valence electrons. The number of thioether (sulfide) groups is 1. The van der Waals surface area contributed by atoms with Crippen LogP contribution in [0.2, 0.25) is 10.0 Å². The monoisotopic (exact) mass is 549 g/mol. The van der Waals surface area contributed by atoms with Gasteiger partial charge >= 0.3 is 0 Å². The highest BCUT2D eigenvalue weighted by Crippen LogP contribution is 2.29. The van der Waals surface area contributed by atoms with E-state index in [-0.39, 0.29) is 26.7 Å². The fourth-order valence-corrected chi connectivity index (χ4v) is 5.67. The average molecular weight is 550 g/mol. The van der Waals surface area contributed by atoms with Gasteiger partial charge in [-0.3, -0.25) is 9.10 Å². The van der Waals surface area contributed by atoms with Gasteiger partial charge in [-0.2, -0.15) is 16.9 Å². The summed E-state index contributed by atoms with van der Waals surface area (Å²) in [5.74, 6) is 2.12. The smallest absolute Gasteiger partial charge is 0.264 e. The van der Waals surface area contributed by atoms with Crippen molar-refractivity contribution in [3.05, 3.63) is 88.4 Å². The van der Waals surface area contributed by atoms with Gasteiger partial charge in [0, 0.05) is 21.6 Å². The maximum atomic E-state index is 13.3. The van der Waals surface area contributed by atoms with Crippen LogP contribution in [0, 0.1) is 0 Å². The van der Waals surface area contributed by atoms with E-state index in [2.05, 4.69) is 10.5 Å². The van der Waals surface area contributed by atoms with Crippen molar-refractivity contribution in [3.8, 4) is 5.75 Å². The van der Waals surface area contributed by atoms with Crippen molar-refractivity contribution < 1.29 is 17.9 Å². The zero-order valence-corrected chi connectivity index (χ0v) is 21.4. The predicted octanol–water partition coefficient (Wildman–Crippen LogP) is 4.83. The number of benzene rings is 3. The zero-order valence-electron chi connectivity index (χ0n) is 18.3. The fraction of sp³-hybridized carbons (Fsp3) is 0.167. The van der Waals surface area contributed by atoms with Crippen LogP contribution < -0.4 is 14.5 Å². The molecule has 35 heavy (non-hydrogen) atoms. The molecule has 4 rings (SSSR count). The summed E-state index contributed by atoms with van der Waals surface area (Å²) in [4.78, 5) is 12.7. The first kappa shape index (κ1) is 25.4. The van der Waals surface area contributed by atoms with Crippen LogP contribution in [-0.4, -0.2) is 44.7 Å². The minimum absolute atomic E-state index is 0.0233. The van der Waals surface area contributed by atoms with E-state index < -0.39 is 22.5 Å². The van der Waals surface area contributed by atoms with Gasteiger partial charge in [-0.15, -0.1) is 0 Å². The SMILES string of the molecule is O=C(CN(c1cc(Cl)cc(Cl)c1)S(=O)(=O)c1ccccc1)N/N=C\c1ccc(OC2CSC2)cc1. The number of hydrogen-bond acceptors (Lipinski definition) is 6. The summed E-state index contributed by atoms with van der Waals surface area (Å²) in [6.07, 6.45) is 1.72. The van der Waals surface area contributed by atoms with E-state index in [0.29, 0.717) is 0 Å². The molecule has 1 aliphatic rings. The summed E-state index contributed by atoms with van der Waals surface area (Å²) < 4.78 is 33.4. The standard InChI is InChI=1S/C24H21Cl2N3O4S2/c25-18-10-19(26)12-20(11-18)29(35(31,32)23-4-2-1-3-5-23)14-24(30)28-27-13-17-6-8-21(9-7-17)33-22-15-34-16-22/h1-13,22H,14-16H2,(H,28,30)/b27-13-. The Hall–Kier alpha value is -2.72. The number of carbonyl (C=O) groups is 1. The molecule has 0 aliphatic carbocycles. The lowest BCUT2D eigenvalue weighted by molar-refractivity contribution is -0.119. The van der Waals surface area contributed by atoms with Crippen molar-refractivity contribution >= 4 is 62.8 Å². The van der Waals surface area contributed by atoms with Crippen molar-refractivity contribution in [2.24, 2.45) is 5.10 Å². The molecule has 0 radical (unpaired) electrons. The van der Waals surface area contributed by atoms with Crippen LogP contribution in [0.5, 0.6) is 5.75 Å². The Balaban J connectivity index is 1.47. The lowest BCUT2D eigenvalue weighted by atomic mass is 10.2. The number of anilines is 1. The van der Waals surface area contributed by atoms with Crippen LogP contribution in [0.25, 0.3) is 0 Å². The molecule has 1 fully saturated rings. The number of amides is 1. The number of ether oxygens (including phenoxy) is 1. The molecule has 3 aromatic rings. The Morgan fingerprint density at radius 3 is 2.31 bits per heavy atom. The molecule has 1 aliphatic heterocycles. The van der Waals surface area contributed by atoms with Crippen LogP contribution in [0.15, 0.2) is 82.8 Å². The molecule has 1 N–H and O–H groups in total. The summed E-state index contributed by atoms with van der Waals surface area (Å²) in [6, 6.07) is 19.4.